The lowest BCUT2D eigenvalue weighted by Crippen LogP contribution is -2.13. The van der Waals surface area contributed by atoms with Gasteiger partial charge in [0.05, 0.1) is 5.69 Å². The molecular formula is C50H36N2. The first kappa shape index (κ1) is 31.1. The van der Waals surface area contributed by atoms with Crippen molar-refractivity contribution in [2.24, 2.45) is 0 Å². The van der Waals surface area contributed by atoms with E-state index in [1.165, 1.54) is 43.8 Å². The van der Waals surface area contributed by atoms with Gasteiger partial charge in [0, 0.05) is 34.0 Å². The van der Waals surface area contributed by atoms with Crippen molar-refractivity contribution in [3.8, 4) is 22.3 Å². The Hall–Kier alpha value is -6.90. The standard InChI is InChI=1S/C50H36N2/c1-4-14-37(15-5-1)39-24-27-45(28-25-39)51(44-22-8-3-9-23-44)46-30-32-47(33-31-46)52(48-29-26-38-16-10-11-19-41(38)34-48)50-36-43-21-13-12-20-42(43)35-49(50)40-17-6-2-7-18-40/h1-36H. The summed E-state index contributed by atoms with van der Waals surface area (Å²) in [6.07, 6.45) is 0. The molecule has 9 rings (SSSR count). The molecule has 0 heterocycles. The summed E-state index contributed by atoms with van der Waals surface area (Å²) in [6.45, 7) is 0. The minimum Gasteiger partial charge on any atom is -0.311 e. The Bertz CT molecular complexity index is 2600. The van der Waals surface area contributed by atoms with Crippen LogP contribution in [0.1, 0.15) is 0 Å². The molecule has 0 saturated carbocycles. The van der Waals surface area contributed by atoms with Crippen molar-refractivity contribution in [3.05, 3.63) is 218 Å². The summed E-state index contributed by atoms with van der Waals surface area (Å²) in [7, 11) is 0. The second-order valence-corrected chi connectivity index (χ2v) is 13.0. The second kappa shape index (κ2) is 13.8. The predicted octanol–water partition coefficient (Wildman–Crippen LogP) is 14.3. The molecule has 0 bridgehead atoms. The zero-order chi connectivity index (χ0) is 34.7. The van der Waals surface area contributed by atoms with E-state index in [-0.39, 0.29) is 0 Å². The number of rotatable bonds is 8. The van der Waals surface area contributed by atoms with Crippen molar-refractivity contribution in [3.63, 3.8) is 0 Å². The number of anilines is 6. The first-order valence-corrected chi connectivity index (χ1v) is 17.8. The van der Waals surface area contributed by atoms with Crippen LogP contribution < -0.4 is 9.80 Å². The van der Waals surface area contributed by atoms with Crippen molar-refractivity contribution < 1.29 is 0 Å². The first-order chi connectivity index (χ1) is 25.8. The van der Waals surface area contributed by atoms with E-state index < -0.39 is 0 Å². The minimum absolute atomic E-state index is 1.08. The van der Waals surface area contributed by atoms with Crippen LogP contribution in [-0.4, -0.2) is 0 Å². The lowest BCUT2D eigenvalue weighted by molar-refractivity contribution is 1.26. The maximum atomic E-state index is 2.41. The van der Waals surface area contributed by atoms with E-state index in [2.05, 4.69) is 228 Å². The van der Waals surface area contributed by atoms with Gasteiger partial charge in [-0.2, -0.15) is 0 Å². The van der Waals surface area contributed by atoms with Crippen LogP contribution in [0.25, 0.3) is 43.8 Å². The Morgan fingerprint density at radius 1 is 0.231 bits per heavy atom. The Kier molecular flexibility index (Phi) is 8.24. The molecule has 52 heavy (non-hydrogen) atoms. The number of benzene rings is 9. The topological polar surface area (TPSA) is 6.48 Å². The largest absolute Gasteiger partial charge is 0.311 e. The fourth-order valence-electron chi connectivity index (χ4n) is 7.21. The summed E-state index contributed by atoms with van der Waals surface area (Å²) in [6, 6.07) is 78.4. The summed E-state index contributed by atoms with van der Waals surface area (Å²) in [5.74, 6) is 0. The zero-order valence-electron chi connectivity index (χ0n) is 28.7. The van der Waals surface area contributed by atoms with Crippen molar-refractivity contribution in [1.82, 2.24) is 0 Å². The Morgan fingerprint density at radius 3 is 1.25 bits per heavy atom. The number of para-hydroxylation sites is 1. The Labute approximate surface area is 305 Å². The van der Waals surface area contributed by atoms with Gasteiger partial charge in [0.1, 0.15) is 0 Å². The quantitative estimate of drug-likeness (QED) is 0.159. The van der Waals surface area contributed by atoms with Crippen LogP contribution in [-0.2, 0) is 0 Å². The van der Waals surface area contributed by atoms with Gasteiger partial charge in [-0.15, -0.1) is 0 Å². The van der Waals surface area contributed by atoms with Crippen molar-refractivity contribution >= 4 is 55.7 Å². The molecule has 0 saturated heterocycles. The van der Waals surface area contributed by atoms with Gasteiger partial charge in [0.25, 0.3) is 0 Å². The van der Waals surface area contributed by atoms with Crippen LogP contribution in [0.2, 0.25) is 0 Å². The summed E-state index contributed by atoms with van der Waals surface area (Å²) in [4.78, 5) is 4.73. The molecule has 0 aliphatic rings. The average Bonchev–Trinajstić information content (AvgIpc) is 3.22. The highest BCUT2D eigenvalue weighted by Crippen LogP contribution is 2.45. The highest BCUT2D eigenvalue weighted by Gasteiger charge is 2.20. The van der Waals surface area contributed by atoms with E-state index in [1.807, 2.05) is 0 Å². The maximum absolute atomic E-state index is 2.41. The molecule has 9 aromatic carbocycles. The Balaban J connectivity index is 1.19. The van der Waals surface area contributed by atoms with Crippen LogP contribution in [0.15, 0.2) is 218 Å². The SMILES string of the molecule is c1ccc(-c2ccc(N(c3ccccc3)c3ccc(N(c4ccc5ccccc5c4)c4cc5ccccc5cc4-c4ccccc4)cc3)cc2)cc1. The number of nitrogens with zero attached hydrogens (tertiary/aromatic N) is 2. The van der Waals surface area contributed by atoms with E-state index in [1.54, 1.807) is 0 Å². The van der Waals surface area contributed by atoms with Gasteiger partial charge in [-0.3, -0.25) is 0 Å². The lowest BCUT2D eigenvalue weighted by Gasteiger charge is -2.30. The molecule has 2 nitrogen and oxygen atoms in total. The molecule has 0 aromatic heterocycles. The number of fused-ring (bicyclic) bond motifs is 2. The third kappa shape index (κ3) is 6.08. The van der Waals surface area contributed by atoms with Crippen molar-refractivity contribution in [2.75, 3.05) is 9.80 Å². The monoisotopic (exact) mass is 664 g/mol. The highest BCUT2D eigenvalue weighted by molar-refractivity contribution is 5.99. The molecular weight excluding hydrogens is 629 g/mol. The van der Waals surface area contributed by atoms with Gasteiger partial charge in [-0.05, 0) is 111 Å². The van der Waals surface area contributed by atoms with Crippen LogP contribution in [0.3, 0.4) is 0 Å². The molecule has 0 radical (unpaired) electrons. The molecule has 2 heteroatoms. The molecule has 0 fully saturated rings. The van der Waals surface area contributed by atoms with Gasteiger partial charge in [0.15, 0.2) is 0 Å². The Morgan fingerprint density at radius 2 is 0.635 bits per heavy atom. The summed E-state index contributed by atoms with van der Waals surface area (Å²) >= 11 is 0. The molecule has 0 N–H and O–H groups in total. The van der Waals surface area contributed by atoms with Gasteiger partial charge < -0.3 is 9.80 Å². The van der Waals surface area contributed by atoms with E-state index >= 15 is 0 Å². The number of hydrogen-bond acceptors (Lipinski definition) is 2. The molecule has 0 aliphatic carbocycles. The highest BCUT2D eigenvalue weighted by atomic mass is 15.2. The predicted molar refractivity (Wildman–Crippen MR) is 222 cm³/mol. The van der Waals surface area contributed by atoms with Gasteiger partial charge >= 0.3 is 0 Å². The van der Waals surface area contributed by atoms with Crippen molar-refractivity contribution in [2.45, 2.75) is 0 Å². The zero-order valence-corrected chi connectivity index (χ0v) is 28.7. The van der Waals surface area contributed by atoms with E-state index in [0.717, 1.165) is 34.1 Å². The van der Waals surface area contributed by atoms with Gasteiger partial charge in [-0.1, -0.05) is 146 Å². The maximum Gasteiger partial charge on any atom is 0.0546 e. The normalized spacial score (nSPS) is 11.1. The minimum atomic E-state index is 1.08. The van der Waals surface area contributed by atoms with Crippen LogP contribution in [0.5, 0.6) is 0 Å². The van der Waals surface area contributed by atoms with Crippen LogP contribution >= 0.6 is 0 Å². The average molecular weight is 665 g/mol. The summed E-state index contributed by atoms with van der Waals surface area (Å²) in [5, 5.41) is 4.85. The van der Waals surface area contributed by atoms with Crippen LogP contribution in [0.4, 0.5) is 34.1 Å². The third-order valence-electron chi connectivity index (χ3n) is 9.79. The van der Waals surface area contributed by atoms with Gasteiger partial charge in [0.2, 0.25) is 0 Å². The molecule has 0 spiro atoms. The molecule has 0 amide bonds. The first-order valence-electron chi connectivity index (χ1n) is 17.8. The van der Waals surface area contributed by atoms with Gasteiger partial charge in [-0.25, -0.2) is 0 Å². The fraction of sp³-hybridized carbons (Fsp3) is 0. The lowest BCUT2D eigenvalue weighted by atomic mass is 9.97. The molecule has 246 valence electrons. The molecule has 0 aliphatic heterocycles. The summed E-state index contributed by atoms with van der Waals surface area (Å²) in [5.41, 5.74) is 11.4. The van der Waals surface area contributed by atoms with Crippen LogP contribution in [0, 0.1) is 0 Å². The van der Waals surface area contributed by atoms with E-state index in [0.29, 0.717) is 0 Å². The van der Waals surface area contributed by atoms with Crippen molar-refractivity contribution in [1.29, 1.82) is 0 Å². The van der Waals surface area contributed by atoms with E-state index in [9.17, 15) is 0 Å². The number of hydrogen-bond donors (Lipinski definition) is 0. The smallest absolute Gasteiger partial charge is 0.0546 e. The molecule has 0 atom stereocenters. The molecule has 9 aromatic rings. The third-order valence-corrected chi connectivity index (χ3v) is 9.79. The van der Waals surface area contributed by atoms with E-state index in [4.69, 9.17) is 0 Å². The summed E-state index contributed by atoms with van der Waals surface area (Å²) < 4.78 is 0. The molecule has 0 unspecified atom stereocenters. The second-order valence-electron chi connectivity index (χ2n) is 13.0. The fourth-order valence-corrected chi connectivity index (χ4v) is 7.21.